The SMILES string of the molecule is c1ccc(CCC(c2ccccc2)c2ccc(-c3sc4ccccc4c3-c3ccc4oc5ccc(-c6c(-c7ccc(N(c8ccccc8)c8ccccc8)cc7)sc7ccccc67)cc5c4c3)cc2)cc1. The molecule has 1 atom stereocenters. The van der Waals surface area contributed by atoms with E-state index in [1.54, 1.807) is 0 Å². The van der Waals surface area contributed by atoms with Crippen molar-refractivity contribution < 1.29 is 4.42 Å². The Balaban J connectivity index is 0.881. The molecule has 0 radical (unpaired) electrons. The number of fused-ring (bicyclic) bond motifs is 5. The maximum atomic E-state index is 6.63. The van der Waals surface area contributed by atoms with Crippen molar-refractivity contribution in [3.8, 4) is 43.1 Å². The zero-order valence-corrected chi connectivity index (χ0v) is 40.5. The minimum atomic E-state index is 0.300. The van der Waals surface area contributed by atoms with Crippen LogP contribution >= 0.6 is 22.7 Å². The molecule has 10 aromatic carbocycles. The summed E-state index contributed by atoms with van der Waals surface area (Å²) in [5.74, 6) is 0.300. The van der Waals surface area contributed by atoms with Crippen molar-refractivity contribution in [2.75, 3.05) is 4.90 Å². The summed E-state index contributed by atoms with van der Waals surface area (Å²) in [7, 11) is 0. The van der Waals surface area contributed by atoms with Crippen LogP contribution in [0.4, 0.5) is 17.1 Å². The largest absolute Gasteiger partial charge is 0.456 e. The lowest BCUT2D eigenvalue weighted by Gasteiger charge is -2.25. The number of rotatable bonds is 12. The highest BCUT2D eigenvalue weighted by atomic mass is 32.1. The van der Waals surface area contributed by atoms with Crippen LogP contribution in [-0.2, 0) is 6.42 Å². The fourth-order valence-corrected chi connectivity index (χ4v) is 13.0. The summed E-state index contributed by atoms with van der Waals surface area (Å²) < 4.78 is 9.18. The van der Waals surface area contributed by atoms with Gasteiger partial charge in [0, 0.05) is 74.8 Å². The van der Waals surface area contributed by atoms with E-state index >= 15 is 0 Å². The van der Waals surface area contributed by atoms with Crippen LogP contribution in [-0.4, -0.2) is 0 Å². The molecule has 0 N–H and O–H groups in total. The lowest BCUT2D eigenvalue weighted by Crippen LogP contribution is -2.09. The Hall–Kier alpha value is -8.28. The van der Waals surface area contributed by atoms with Crippen LogP contribution in [0.2, 0.25) is 0 Å². The van der Waals surface area contributed by atoms with E-state index in [4.69, 9.17) is 4.42 Å². The number of aryl methyl sites for hydroxylation is 1. The molecule has 3 aromatic heterocycles. The Bertz CT molecular complexity index is 3930. The van der Waals surface area contributed by atoms with Crippen molar-refractivity contribution in [3.63, 3.8) is 0 Å². The topological polar surface area (TPSA) is 16.4 Å². The van der Waals surface area contributed by atoms with E-state index in [2.05, 4.69) is 260 Å². The van der Waals surface area contributed by atoms with Crippen LogP contribution in [0.1, 0.15) is 29.0 Å². The maximum absolute atomic E-state index is 6.63. The number of nitrogens with zero attached hydrogens (tertiary/aromatic N) is 1. The van der Waals surface area contributed by atoms with Crippen LogP contribution in [0, 0.1) is 0 Å². The molecule has 0 fully saturated rings. The van der Waals surface area contributed by atoms with E-state index in [-0.39, 0.29) is 0 Å². The van der Waals surface area contributed by atoms with Crippen molar-refractivity contribution in [3.05, 3.63) is 271 Å². The molecule has 338 valence electrons. The van der Waals surface area contributed by atoms with Gasteiger partial charge in [-0.05, 0) is 125 Å². The molecule has 4 heteroatoms. The summed E-state index contributed by atoms with van der Waals surface area (Å²) in [6, 6.07) is 92.8. The second-order valence-electron chi connectivity index (χ2n) is 18.3. The van der Waals surface area contributed by atoms with E-state index in [9.17, 15) is 0 Å². The Morgan fingerprint density at radius 1 is 0.352 bits per heavy atom. The van der Waals surface area contributed by atoms with Crippen LogP contribution < -0.4 is 4.90 Å². The van der Waals surface area contributed by atoms with Gasteiger partial charge in [-0.1, -0.05) is 182 Å². The molecule has 2 nitrogen and oxygen atoms in total. The van der Waals surface area contributed by atoms with Crippen molar-refractivity contribution in [1.82, 2.24) is 0 Å². The van der Waals surface area contributed by atoms with Gasteiger partial charge < -0.3 is 9.32 Å². The lowest BCUT2D eigenvalue weighted by atomic mass is 9.86. The molecule has 13 aromatic rings. The van der Waals surface area contributed by atoms with Crippen molar-refractivity contribution in [2.45, 2.75) is 18.8 Å². The molecule has 0 saturated heterocycles. The molecular weight excluding hydrogens is 899 g/mol. The fourth-order valence-electron chi connectivity index (χ4n) is 10.6. The number of benzene rings is 10. The van der Waals surface area contributed by atoms with Crippen LogP contribution in [0.15, 0.2) is 259 Å². The zero-order valence-electron chi connectivity index (χ0n) is 38.9. The van der Waals surface area contributed by atoms with Gasteiger partial charge in [0.15, 0.2) is 0 Å². The van der Waals surface area contributed by atoms with Gasteiger partial charge in [-0.15, -0.1) is 22.7 Å². The number of para-hydroxylation sites is 2. The molecule has 0 spiro atoms. The van der Waals surface area contributed by atoms with E-state index in [1.807, 2.05) is 22.7 Å². The smallest absolute Gasteiger partial charge is 0.135 e. The molecule has 3 heterocycles. The summed E-state index contributed by atoms with van der Waals surface area (Å²) in [6.45, 7) is 0. The second kappa shape index (κ2) is 18.6. The van der Waals surface area contributed by atoms with Crippen molar-refractivity contribution in [1.29, 1.82) is 0 Å². The summed E-state index contributed by atoms with van der Waals surface area (Å²) in [6.07, 6.45) is 2.07. The summed E-state index contributed by atoms with van der Waals surface area (Å²) in [5.41, 5.74) is 16.5. The molecule has 1 unspecified atom stereocenters. The Morgan fingerprint density at radius 3 is 1.28 bits per heavy atom. The van der Waals surface area contributed by atoms with Gasteiger partial charge in [-0.2, -0.15) is 0 Å². The third-order valence-electron chi connectivity index (χ3n) is 14.0. The van der Waals surface area contributed by atoms with Gasteiger partial charge in [0.05, 0.1) is 0 Å². The molecule has 0 saturated carbocycles. The first kappa shape index (κ1) is 42.8. The number of hydrogen-bond acceptors (Lipinski definition) is 4. The Morgan fingerprint density at radius 2 is 0.761 bits per heavy atom. The van der Waals surface area contributed by atoms with Crippen molar-refractivity contribution >= 4 is 81.8 Å². The highest BCUT2D eigenvalue weighted by Gasteiger charge is 2.22. The summed E-state index contributed by atoms with van der Waals surface area (Å²) in [4.78, 5) is 4.85. The summed E-state index contributed by atoms with van der Waals surface area (Å²) in [5, 5.41) is 4.76. The minimum absolute atomic E-state index is 0.300. The first-order valence-electron chi connectivity index (χ1n) is 24.4. The lowest BCUT2D eigenvalue weighted by molar-refractivity contribution is 0.669. The molecule has 0 bridgehead atoms. The average molecular weight is 946 g/mol. The monoisotopic (exact) mass is 945 g/mol. The highest BCUT2D eigenvalue weighted by molar-refractivity contribution is 7.23. The Kier molecular flexibility index (Phi) is 11.2. The molecule has 71 heavy (non-hydrogen) atoms. The highest BCUT2D eigenvalue weighted by Crippen LogP contribution is 2.49. The van der Waals surface area contributed by atoms with Crippen LogP contribution in [0.5, 0.6) is 0 Å². The van der Waals surface area contributed by atoms with E-state index in [1.165, 1.54) is 80.0 Å². The summed E-state index contributed by atoms with van der Waals surface area (Å²) >= 11 is 3.74. The third-order valence-corrected chi connectivity index (χ3v) is 16.4. The first-order valence-corrected chi connectivity index (χ1v) is 26.0. The average Bonchev–Trinajstić information content (AvgIpc) is 4.14. The van der Waals surface area contributed by atoms with Gasteiger partial charge in [0.25, 0.3) is 0 Å². The molecule has 0 aliphatic carbocycles. The number of hydrogen-bond donors (Lipinski definition) is 0. The number of thiophene rings is 2. The maximum Gasteiger partial charge on any atom is 0.135 e. The quantitative estimate of drug-likeness (QED) is 0.121. The third kappa shape index (κ3) is 8.11. The fraction of sp³-hybridized carbons (Fsp3) is 0.0448. The zero-order chi connectivity index (χ0) is 47.1. The first-order chi connectivity index (χ1) is 35.2. The second-order valence-corrected chi connectivity index (χ2v) is 20.4. The van der Waals surface area contributed by atoms with Gasteiger partial charge in [-0.25, -0.2) is 0 Å². The predicted molar refractivity (Wildman–Crippen MR) is 304 cm³/mol. The predicted octanol–water partition coefficient (Wildman–Crippen LogP) is 19.9. The minimum Gasteiger partial charge on any atom is -0.456 e. The molecule has 0 amide bonds. The Labute approximate surface area is 422 Å². The van der Waals surface area contributed by atoms with Crippen molar-refractivity contribution in [2.24, 2.45) is 0 Å². The van der Waals surface area contributed by atoms with Gasteiger partial charge >= 0.3 is 0 Å². The van der Waals surface area contributed by atoms with E-state index in [0.717, 1.165) is 51.8 Å². The molecular formula is C67H47NOS2. The van der Waals surface area contributed by atoms with Crippen LogP contribution in [0.3, 0.4) is 0 Å². The van der Waals surface area contributed by atoms with Gasteiger partial charge in [0.2, 0.25) is 0 Å². The van der Waals surface area contributed by atoms with E-state index in [0.29, 0.717) is 5.92 Å². The van der Waals surface area contributed by atoms with Crippen LogP contribution in [0.25, 0.3) is 85.2 Å². The van der Waals surface area contributed by atoms with E-state index < -0.39 is 0 Å². The number of furan rings is 1. The molecule has 0 aliphatic rings. The van der Waals surface area contributed by atoms with Gasteiger partial charge in [-0.3, -0.25) is 0 Å². The normalized spacial score (nSPS) is 12.0. The standard InChI is InChI=1S/C67H47NOS2/c1-5-17-45(18-6-1)29-40-55(46-19-7-2-8-20-46)47-30-32-48(33-31-47)66-64(56-25-13-15-27-62(56)70-66)50-36-41-60-58(43-50)59-44-51(37-42-61(59)69-60)65-57-26-14-16-28-63(57)71-67(65)49-34-38-54(39-35-49)68(52-21-9-3-10-22-52)53-23-11-4-12-24-53/h1-28,30-39,41-44,55H,29,40H2. The van der Waals surface area contributed by atoms with Gasteiger partial charge in [0.1, 0.15) is 11.2 Å². The molecule has 13 rings (SSSR count). The molecule has 0 aliphatic heterocycles. The number of anilines is 3.